The highest BCUT2D eigenvalue weighted by Crippen LogP contribution is 2.36. The summed E-state index contributed by atoms with van der Waals surface area (Å²) in [4.78, 5) is 31.1. The van der Waals surface area contributed by atoms with E-state index in [4.69, 9.17) is 4.74 Å². The van der Waals surface area contributed by atoms with Crippen molar-refractivity contribution in [1.82, 2.24) is 9.88 Å². The third kappa shape index (κ3) is 3.05. The predicted molar refractivity (Wildman–Crippen MR) is 99.6 cm³/mol. The molecule has 6 heteroatoms. The fraction of sp³-hybridized carbons (Fsp3) is 0.350. The van der Waals surface area contributed by atoms with Gasteiger partial charge in [0.25, 0.3) is 0 Å². The Labute approximate surface area is 156 Å². The van der Waals surface area contributed by atoms with Gasteiger partial charge in [-0.1, -0.05) is 12.2 Å². The maximum atomic E-state index is 12.6. The van der Waals surface area contributed by atoms with Crippen LogP contribution in [0.15, 0.2) is 41.8 Å². The van der Waals surface area contributed by atoms with Crippen molar-refractivity contribution < 1.29 is 14.3 Å². The minimum Gasteiger partial charge on any atom is -0.494 e. The van der Waals surface area contributed by atoms with Gasteiger partial charge in [0.2, 0.25) is 11.8 Å². The largest absolute Gasteiger partial charge is 0.494 e. The highest BCUT2D eigenvalue weighted by atomic mass is 32.1. The van der Waals surface area contributed by atoms with Crippen molar-refractivity contribution in [3.05, 3.63) is 47.5 Å². The van der Waals surface area contributed by atoms with Gasteiger partial charge in [-0.2, -0.15) is 0 Å². The normalized spacial score (nSPS) is 22.0. The number of carbonyl (C=O) groups excluding carboxylic acids is 2. The molecule has 2 heterocycles. The van der Waals surface area contributed by atoms with Gasteiger partial charge in [0.05, 0.1) is 30.7 Å². The fourth-order valence-electron chi connectivity index (χ4n) is 3.56. The average Bonchev–Trinajstić information content (AvgIpc) is 3.23. The van der Waals surface area contributed by atoms with Crippen LogP contribution < -0.4 is 4.74 Å². The molecule has 0 unspecified atom stereocenters. The van der Waals surface area contributed by atoms with Gasteiger partial charge in [-0.15, -0.1) is 11.3 Å². The molecule has 0 radical (unpaired) electrons. The number of likely N-dealkylation sites (tertiary alicyclic amines) is 1. The predicted octanol–water partition coefficient (Wildman–Crippen LogP) is 3.66. The lowest BCUT2D eigenvalue weighted by atomic mass is 9.85. The first-order valence-electron chi connectivity index (χ1n) is 8.85. The molecule has 1 saturated heterocycles. The molecular weight excluding hydrogens is 348 g/mol. The highest BCUT2D eigenvalue weighted by molar-refractivity contribution is 7.13. The highest BCUT2D eigenvalue weighted by Gasteiger charge is 2.47. The van der Waals surface area contributed by atoms with E-state index in [2.05, 4.69) is 4.98 Å². The van der Waals surface area contributed by atoms with Crippen molar-refractivity contribution in [2.45, 2.75) is 26.3 Å². The van der Waals surface area contributed by atoms with Crippen LogP contribution in [0.1, 0.15) is 25.5 Å². The quantitative estimate of drug-likeness (QED) is 0.597. The zero-order valence-corrected chi connectivity index (χ0v) is 15.4. The lowest BCUT2D eigenvalue weighted by molar-refractivity contribution is -0.140. The van der Waals surface area contributed by atoms with Crippen LogP contribution in [0.5, 0.6) is 5.75 Å². The Hall–Kier alpha value is -2.47. The number of hydrogen-bond acceptors (Lipinski definition) is 5. The third-order valence-corrected chi connectivity index (χ3v) is 5.82. The summed E-state index contributed by atoms with van der Waals surface area (Å²) in [5.74, 6) is 0.353. The molecule has 2 amide bonds. The monoisotopic (exact) mass is 368 g/mol. The molecule has 4 rings (SSSR count). The van der Waals surface area contributed by atoms with Crippen molar-refractivity contribution in [1.29, 1.82) is 0 Å². The van der Waals surface area contributed by atoms with Crippen LogP contribution in [0.2, 0.25) is 0 Å². The van der Waals surface area contributed by atoms with E-state index < -0.39 is 0 Å². The number of nitrogens with zero attached hydrogens (tertiary/aromatic N) is 2. The molecule has 1 fully saturated rings. The Morgan fingerprint density at radius 3 is 2.38 bits per heavy atom. The molecule has 5 nitrogen and oxygen atoms in total. The lowest BCUT2D eigenvalue weighted by Gasteiger charge is -2.14. The number of fused-ring (bicyclic) bond motifs is 1. The maximum absolute atomic E-state index is 12.6. The molecule has 2 aromatic rings. The second-order valence-corrected chi connectivity index (χ2v) is 7.38. The van der Waals surface area contributed by atoms with E-state index in [1.54, 1.807) is 0 Å². The average molecular weight is 368 g/mol. The molecule has 1 aliphatic carbocycles. The minimum atomic E-state index is -0.184. The molecule has 134 valence electrons. The number of amides is 2. The zero-order chi connectivity index (χ0) is 18.1. The number of carbonyl (C=O) groups is 2. The Morgan fingerprint density at radius 1 is 1.12 bits per heavy atom. The first-order chi connectivity index (χ1) is 12.7. The van der Waals surface area contributed by atoms with Gasteiger partial charge in [-0.25, -0.2) is 4.98 Å². The summed E-state index contributed by atoms with van der Waals surface area (Å²) < 4.78 is 5.46. The summed E-state index contributed by atoms with van der Waals surface area (Å²) in [6, 6.07) is 7.79. The molecule has 1 aromatic heterocycles. The number of aromatic nitrogens is 1. The Balaban J connectivity index is 1.48. The van der Waals surface area contributed by atoms with E-state index in [0.717, 1.165) is 22.0 Å². The van der Waals surface area contributed by atoms with Crippen molar-refractivity contribution in [3.8, 4) is 16.3 Å². The van der Waals surface area contributed by atoms with E-state index in [9.17, 15) is 9.59 Å². The standard InChI is InChI=1S/C20H20N2O3S/c1-2-25-15-9-7-13(8-10-15)18-21-14(12-26-18)11-22-19(23)16-5-3-4-6-17(16)20(22)24/h3-4,7-10,12,16-17H,2,5-6,11H2,1H3/t16-,17-/m1/s1. The van der Waals surface area contributed by atoms with Crippen molar-refractivity contribution in [2.24, 2.45) is 11.8 Å². The van der Waals surface area contributed by atoms with Crippen molar-refractivity contribution >= 4 is 23.2 Å². The van der Waals surface area contributed by atoms with E-state index in [1.165, 1.54) is 16.2 Å². The van der Waals surface area contributed by atoms with Crippen LogP contribution in [-0.2, 0) is 16.1 Å². The molecule has 1 aliphatic heterocycles. The smallest absolute Gasteiger partial charge is 0.233 e. The molecule has 1 aromatic carbocycles. The number of hydrogen-bond donors (Lipinski definition) is 0. The van der Waals surface area contributed by atoms with E-state index in [0.29, 0.717) is 19.4 Å². The Morgan fingerprint density at radius 2 is 1.77 bits per heavy atom. The molecule has 2 atom stereocenters. The van der Waals surface area contributed by atoms with Gasteiger partial charge in [-0.05, 0) is 44.0 Å². The van der Waals surface area contributed by atoms with Gasteiger partial charge in [0, 0.05) is 10.9 Å². The first kappa shape index (κ1) is 17.0. The van der Waals surface area contributed by atoms with Crippen LogP contribution in [0.3, 0.4) is 0 Å². The molecule has 26 heavy (non-hydrogen) atoms. The molecule has 0 bridgehead atoms. The van der Waals surface area contributed by atoms with Gasteiger partial charge in [0.15, 0.2) is 0 Å². The Bertz CT molecular complexity index is 830. The SMILES string of the molecule is CCOc1ccc(-c2nc(CN3C(=O)[C@@H]4CC=CC[C@H]4C3=O)cs2)cc1. The van der Waals surface area contributed by atoms with Crippen LogP contribution in [0, 0.1) is 11.8 Å². The number of imide groups is 1. The summed E-state index contributed by atoms with van der Waals surface area (Å²) in [7, 11) is 0. The van der Waals surface area contributed by atoms with Gasteiger partial charge >= 0.3 is 0 Å². The van der Waals surface area contributed by atoms with Crippen LogP contribution in [-0.4, -0.2) is 28.3 Å². The van der Waals surface area contributed by atoms with Crippen LogP contribution in [0.4, 0.5) is 0 Å². The second-order valence-electron chi connectivity index (χ2n) is 6.52. The number of benzene rings is 1. The van der Waals surface area contributed by atoms with Gasteiger partial charge < -0.3 is 4.74 Å². The number of ether oxygens (including phenoxy) is 1. The fourth-order valence-corrected chi connectivity index (χ4v) is 4.38. The lowest BCUT2D eigenvalue weighted by Crippen LogP contribution is -2.30. The summed E-state index contributed by atoms with van der Waals surface area (Å²) in [5, 5.41) is 2.80. The van der Waals surface area contributed by atoms with Crippen LogP contribution in [0.25, 0.3) is 10.6 Å². The van der Waals surface area contributed by atoms with E-state index in [-0.39, 0.29) is 30.2 Å². The molecule has 2 aliphatic rings. The summed E-state index contributed by atoms with van der Waals surface area (Å²) >= 11 is 1.52. The molecule has 0 spiro atoms. The number of thiazole rings is 1. The van der Waals surface area contributed by atoms with E-state index >= 15 is 0 Å². The first-order valence-corrected chi connectivity index (χ1v) is 9.73. The number of allylic oxidation sites excluding steroid dienone is 2. The number of rotatable bonds is 5. The van der Waals surface area contributed by atoms with Crippen molar-refractivity contribution in [2.75, 3.05) is 6.61 Å². The zero-order valence-electron chi connectivity index (χ0n) is 14.6. The molecule has 0 N–H and O–H groups in total. The van der Waals surface area contributed by atoms with Gasteiger partial charge in [0.1, 0.15) is 10.8 Å². The maximum Gasteiger partial charge on any atom is 0.233 e. The van der Waals surface area contributed by atoms with Crippen molar-refractivity contribution in [3.63, 3.8) is 0 Å². The topological polar surface area (TPSA) is 59.5 Å². The van der Waals surface area contributed by atoms with Crippen LogP contribution >= 0.6 is 11.3 Å². The van der Waals surface area contributed by atoms with Gasteiger partial charge in [-0.3, -0.25) is 14.5 Å². The second kappa shape index (κ2) is 7.03. The Kier molecular flexibility index (Phi) is 4.59. The molecule has 0 saturated carbocycles. The summed E-state index contributed by atoms with van der Waals surface area (Å²) in [6.07, 6.45) is 5.34. The van der Waals surface area contributed by atoms with E-state index in [1.807, 2.05) is 48.7 Å². The minimum absolute atomic E-state index is 0.0556. The summed E-state index contributed by atoms with van der Waals surface area (Å²) in [6.45, 7) is 2.85. The third-order valence-electron chi connectivity index (χ3n) is 4.88. The molecular formula is C20H20N2O3S. The summed E-state index contributed by atoms with van der Waals surface area (Å²) in [5.41, 5.74) is 1.76.